The van der Waals surface area contributed by atoms with E-state index in [2.05, 4.69) is 6.92 Å². The summed E-state index contributed by atoms with van der Waals surface area (Å²) in [6, 6.07) is 4.44. The van der Waals surface area contributed by atoms with Gasteiger partial charge in [0.25, 0.3) is 0 Å². The van der Waals surface area contributed by atoms with E-state index < -0.39 is 11.8 Å². The standard InChI is InChI=1S/C14H19FO2/c1-4-5-11(3)9-17-14(16)12-8-10(2)6-7-13(12)15/h6-8,11H,4-5,9H2,1-3H3. The quantitative estimate of drug-likeness (QED) is 0.731. The van der Waals surface area contributed by atoms with Crippen LogP contribution < -0.4 is 0 Å². The monoisotopic (exact) mass is 238 g/mol. The zero-order valence-corrected chi connectivity index (χ0v) is 10.6. The van der Waals surface area contributed by atoms with Gasteiger partial charge in [-0.2, -0.15) is 0 Å². The number of rotatable bonds is 5. The van der Waals surface area contributed by atoms with Gasteiger partial charge in [-0.05, 0) is 31.4 Å². The number of aryl methyl sites for hydroxylation is 1. The molecule has 0 spiro atoms. The molecule has 1 atom stereocenters. The maximum absolute atomic E-state index is 13.4. The van der Waals surface area contributed by atoms with Crippen molar-refractivity contribution in [1.29, 1.82) is 0 Å². The Morgan fingerprint density at radius 1 is 1.47 bits per heavy atom. The topological polar surface area (TPSA) is 26.3 Å². The summed E-state index contributed by atoms with van der Waals surface area (Å²) in [4.78, 5) is 11.7. The fourth-order valence-corrected chi connectivity index (χ4v) is 1.67. The van der Waals surface area contributed by atoms with E-state index in [9.17, 15) is 9.18 Å². The molecule has 0 aliphatic rings. The maximum atomic E-state index is 13.4. The largest absolute Gasteiger partial charge is 0.462 e. The molecule has 1 aromatic carbocycles. The molecule has 1 aromatic rings. The van der Waals surface area contributed by atoms with Crippen molar-refractivity contribution in [2.75, 3.05) is 6.61 Å². The lowest BCUT2D eigenvalue weighted by Gasteiger charge is -2.11. The van der Waals surface area contributed by atoms with Crippen LogP contribution in [0.1, 0.15) is 42.6 Å². The highest BCUT2D eigenvalue weighted by Crippen LogP contribution is 2.13. The van der Waals surface area contributed by atoms with Crippen LogP contribution in [0.4, 0.5) is 4.39 Å². The van der Waals surface area contributed by atoms with Crippen LogP contribution in [0.15, 0.2) is 18.2 Å². The molecule has 0 aliphatic heterocycles. The smallest absolute Gasteiger partial charge is 0.341 e. The first-order valence-corrected chi connectivity index (χ1v) is 5.97. The van der Waals surface area contributed by atoms with Crippen LogP contribution in [0.25, 0.3) is 0 Å². The van der Waals surface area contributed by atoms with Crippen molar-refractivity contribution in [3.63, 3.8) is 0 Å². The Balaban J connectivity index is 2.61. The van der Waals surface area contributed by atoms with Crippen molar-refractivity contribution in [2.24, 2.45) is 5.92 Å². The molecule has 0 aliphatic carbocycles. The third-order valence-corrected chi connectivity index (χ3v) is 2.62. The molecule has 0 saturated heterocycles. The lowest BCUT2D eigenvalue weighted by molar-refractivity contribution is 0.0438. The summed E-state index contributed by atoms with van der Waals surface area (Å²) < 4.78 is 18.5. The Hall–Kier alpha value is -1.38. The average Bonchev–Trinajstić information content (AvgIpc) is 2.29. The third-order valence-electron chi connectivity index (χ3n) is 2.62. The number of esters is 1. The number of carbonyl (C=O) groups excluding carboxylic acids is 1. The second-order valence-corrected chi connectivity index (χ2v) is 4.48. The van der Waals surface area contributed by atoms with E-state index in [0.29, 0.717) is 12.5 Å². The summed E-state index contributed by atoms with van der Waals surface area (Å²) in [6.45, 7) is 6.26. The van der Waals surface area contributed by atoms with E-state index >= 15 is 0 Å². The molecule has 0 aromatic heterocycles. The highest BCUT2D eigenvalue weighted by molar-refractivity contribution is 5.89. The van der Waals surface area contributed by atoms with Gasteiger partial charge < -0.3 is 4.74 Å². The lowest BCUT2D eigenvalue weighted by atomic mass is 10.1. The predicted octanol–water partition coefficient (Wildman–Crippen LogP) is 3.73. The molecule has 0 saturated carbocycles. The van der Waals surface area contributed by atoms with Gasteiger partial charge in [-0.1, -0.05) is 31.9 Å². The molecule has 3 heteroatoms. The van der Waals surface area contributed by atoms with E-state index in [4.69, 9.17) is 4.74 Å². The Bertz CT molecular complexity index is 388. The summed E-state index contributed by atoms with van der Waals surface area (Å²) >= 11 is 0. The zero-order chi connectivity index (χ0) is 12.8. The summed E-state index contributed by atoms with van der Waals surface area (Å²) in [5, 5.41) is 0. The molecular weight excluding hydrogens is 219 g/mol. The summed E-state index contributed by atoms with van der Waals surface area (Å²) in [6.07, 6.45) is 2.06. The number of hydrogen-bond acceptors (Lipinski definition) is 2. The van der Waals surface area contributed by atoms with Crippen molar-refractivity contribution in [1.82, 2.24) is 0 Å². The van der Waals surface area contributed by atoms with Crippen LogP contribution in [0.3, 0.4) is 0 Å². The maximum Gasteiger partial charge on any atom is 0.341 e. The summed E-state index contributed by atoms with van der Waals surface area (Å²) in [5.41, 5.74) is 0.869. The van der Waals surface area contributed by atoms with Crippen LogP contribution in [0.5, 0.6) is 0 Å². The minimum absolute atomic E-state index is 0.0219. The molecule has 0 amide bonds. The molecule has 1 unspecified atom stereocenters. The Kier molecular flexibility index (Phi) is 5.13. The van der Waals surface area contributed by atoms with Gasteiger partial charge in [0.15, 0.2) is 0 Å². The Labute approximate surface area is 102 Å². The minimum atomic E-state index is -0.575. The molecule has 94 valence electrons. The van der Waals surface area contributed by atoms with Gasteiger partial charge >= 0.3 is 5.97 Å². The van der Waals surface area contributed by atoms with Crippen molar-refractivity contribution in [3.8, 4) is 0 Å². The highest BCUT2D eigenvalue weighted by atomic mass is 19.1. The molecule has 17 heavy (non-hydrogen) atoms. The van der Waals surface area contributed by atoms with Gasteiger partial charge in [-0.3, -0.25) is 0 Å². The van der Waals surface area contributed by atoms with Gasteiger partial charge in [-0.15, -0.1) is 0 Å². The van der Waals surface area contributed by atoms with Crippen molar-refractivity contribution >= 4 is 5.97 Å². The molecule has 0 bridgehead atoms. The normalized spacial score (nSPS) is 12.2. The van der Waals surface area contributed by atoms with E-state index in [1.807, 2.05) is 13.8 Å². The van der Waals surface area contributed by atoms with E-state index in [1.165, 1.54) is 12.1 Å². The van der Waals surface area contributed by atoms with E-state index in [0.717, 1.165) is 18.4 Å². The van der Waals surface area contributed by atoms with Crippen LogP contribution in [0.2, 0.25) is 0 Å². The highest BCUT2D eigenvalue weighted by Gasteiger charge is 2.14. The number of benzene rings is 1. The first-order valence-electron chi connectivity index (χ1n) is 5.97. The summed E-state index contributed by atoms with van der Waals surface area (Å²) in [5.74, 6) is -0.783. The second kappa shape index (κ2) is 6.38. The fraction of sp³-hybridized carbons (Fsp3) is 0.500. The predicted molar refractivity (Wildman–Crippen MR) is 65.5 cm³/mol. The number of halogens is 1. The molecular formula is C14H19FO2. The lowest BCUT2D eigenvalue weighted by Crippen LogP contribution is -2.13. The zero-order valence-electron chi connectivity index (χ0n) is 10.6. The molecule has 0 fully saturated rings. The fourth-order valence-electron chi connectivity index (χ4n) is 1.67. The SMILES string of the molecule is CCCC(C)COC(=O)c1cc(C)ccc1F. The van der Waals surface area contributed by atoms with Crippen LogP contribution in [-0.4, -0.2) is 12.6 Å². The van der Waals surface area contributed by atoms with Gasteiger partial charge in [0.05, 0.1) is 12.2 Å². The van der Waals surface area contributed by atoms with Gasteiger partial charge in [0.1, 0.15) is 5.82 Å². The first kappa shape index (κ1) is 13.7. The van der Waals surface area contributed by atoms with Crippen molar-refractivity contribution in [2.45, 2.75) is 33.6 Å². The van der Waals surface area contributed by atoms with Crippen molar-refractivity contribution < 1.29 is 13.9 Å². The van der Waals surface area contributed by atoms with Crippen LogP contribution in [0, 0.1) is 18.7 Å². The van der Waals surface area contributed by atoms with Crippen molar-refractivity contribution in [3.05, 3.63) is 35.1 Å². The van der Waals surface area contributed by atoms with Crippen LogP contribution in [-0.2, 0) is 4.74 Å². The Morgan fingerprint density at radius 2 is 2.18 bits per heavy atom. The molecule has 0 N–H and O–H groups in total. The molecule has 0 radical (unpaired) electrons. The third kappa shape index (κ3) is 4.17. The van der Waals surface area contributed by atoms with Gasteiger partial charge in [0, 0.05) is 0 Å². The number of hydrogen-bond donors (Lipinski definition) is 0. The first-order chi connectivity index (χ1) is 8.04. The van der Waals surface area contributed by atoms with Crippen LogP contribution >= 0.6 is 0 Å². The number of carbonyl (C=O) groups is 1. The van der Waals surface area contributed by atoms with Gasteiger partial charge in [-0.25, -0.2) is 9.18 Å². The minimum Gasteiger partial charge on any atom is -0.462 e. The number of ether oxygens (including phenoxy) is 1. The molecule has 1 rings (SSSR count). The van der Waals surface area contributed by atoms with E-state index in [-0.39, 0.29) is 5.56 Å². The van der Waals surface area contributed by atoms with E-state index in [1.54, 1.807) is 6.07 Å². The Morgan fingerprint density at radius 3 is 2.82 bits per heavy atom. The summed E-state index contributed by atoms with van der Waals surface area (Å²) in [7, 11) is 0. The molecule has 2 nitrogen and oxygen atoms in total. The second-order valence-electron chi connectivity index (χ2n) is 4.48. The molecule has 0 heterocycles. The van der Waals surface area contributed by atoms with Gasteiger partial charge in [0.2, 0.25) is 0 Å². The average molecular weight is 238 g/mol.